The van der Waals surface area contributed by atoms with Gasteiger partial charge in [0.1, 0.15) is 6.61 Å². The Kier molecular flexibility index (Phi) is 7.92. The van der Waals surface area contributed by atoms with Crippen molar-refractivity contribution in [3.63, 3.8) is 0 Å². The summed E-state index contributed by atoms with van der Waals surface area (Å²) in [7, 11) is 0. The van der Waals surface area contributed by atoms with Crippen LogP contribution in [0.2, 0.25) is 0 Å². The number of amides is 1. The number of rotatable bonds is 8. The second-order valence-electron chi connectivity index (χ2n) is 6.22. The highest BCUT2D eigenvalue weighted by Crippen LogP contribution is 2.48. The van der Waals surface area contributed by atoms with Gasteiger partial charge in [0, 0.05) is 0 Å². The van der Waals surface area contributed by atoms with E-state index in [-0.39, 0.29) is 0 Å². The Morgan fingerprint density at radius 1 is 0.710 bits per heavy atom. The van der Waals surface area contributed by atoms with Gasteiger partial charge in [-0.05, 0) is 5.92 Å². The van der Waals surface area contributed by atoms with Gasteiger partial charge in [-0.1, -0.05) is 13.8 Å². The first-order valence-electron chi connectivity index (χ1n) is 7.48. The van der Waals surface area contributed by atoms with Crippen LogP contribution < -0.4 is 5.32 Å². The highest BCUT2D eigenvalue weighted by Gasteiger charge is 2.78. The lowest BCUT2D eigenvalue weighted by Gasteiger charge is -2.30. The zero-order valence-corrected chi connectivity index (χ0v) is 14.9. The van der Waals surface area contributed by atoms with Crippen LogP contribution in [0.3, 0.4) is 0 Å². The second-order valence-corrected chi connectivity index (χ2v) is 6.22. The van der Waals surface area contributed by atoms with Gasteiger partial charge in [-0.2, -0.15) is 61.5 Å². The third-order valence-electron chi connectivity index (χ3n) is 3.56. The summed E-state index contributed by atoms with van der Waals surface area (Å²) < 4.78 is 179. The molecule has 1 N–H and O–H groups in total. The van der Waals surface area contributed by atoms with Crippen LogP contribution >= 0.6 is 0 Å². The van der Waals surface area contributed by atoms with Crippen molar-refractivity contribution >= 4 is 11.9 Å². The van der Waals surface area contributed by atoms with Crippen molar-refractivity contribution in [3.05, 3.63) is 0 Å². The first-order chi connectivity index (χ1) is 13.4. The van der Waals surface area contributed by atoms with Crippen LogP contribution in [0.5, 0.6) is 0 Å². The molecule has 0 aliphatic heterocycles. The molecule has 0 spiro atoms. The number of nitrogens with one attached hydrogen (secondary N) is 1. The van der Waals surface area contributed by atoms with Crippen molar-refractivity contribution in [3.8, 4) is 0 Å². The lowest BCUT2D eigenvalue weighted by molar-refractivity contribution is -0.348. The summed E-state index contributed by atoms with van der Waals surface area (Å²) in [4.78, 5) is 22.2. The molecule has 1 atom stereocenters. The van der Waals surface area contributed by atoms with Crippen molar-refractivity contribution in [2.45, 2.75) is 55.9 Å². The molecule has 0 saturated heterocycles. The number of carbonyl (C=O) groups is 2. The Morgan fingerprint density at radius 3 is 1.39 bits per heavy atom. The lowest BCUT2D eigenvalue weighted by atomic mass is 10.0. The number of carbonyl (C=O) groups excluding carboxylic acids is 2. The molecule has 0 aliphatic carbocycles. The minimum atomic E-state index is -6.95. The summed E-state index contributed by atoms with van der Waals surface area (Å²) in [5.41, 5.74) is 0. The molecule has 18 heteroatoms. The van der Waals surface area contributed by atoms with Gasteiger partial charge in [-0.25, -0.2) is 4.79 Å². The van der Waals surface area contributed by atoms with Gasteiger partial charge >= 0.3 is 42.0 Å². The van der Waals surface area contributed by atoms with E-state index >= 15 is 0 Å². The maximum absolute atomic E-state index is 13.3. The minimum absolute atomic E-state index is 0.810. The van der Waals surface area contributed by atoms with Crippen LogP contribution in [0.15, 0.2) is 0 Å². The zero-order chi connectivity index (χ0) is 25.4. The normalized spacial score (nSPS) is 15.6. The highest BCUT2D eigenvalue weighted by molar-refractivity contribution is 5.85. The van der Waals surface area contributed by atoms with Gasteiger partial charge in [0.25, 0.3) is 5.91 Å². The van der Waals surface area contributed by atoms with Crippen LogP contribution in [-0.2, 0) is 14.3 Å². The standard InChI is InChI=1S/C13H11F14NO3/c1-4(2)5(28-6(29)8(14,15)10(18,19)12(22,23)24)3-31-7(30)9(16,17)11(20,21)13(25,26)27/h4-5H,3H2,1-2H3,(H,28,29)/t5-/m0/s1. The first-order valence-corrected chi connectivity index (χ1v) is 7.48. The molecule has 4 nitrogen and oxygen atoms in total. The second kappa shape index (κ2) is 8.48. The molecule has 0 saturated carbocycles. The Labute approximate surface area is 162 Å². The molecule has 0 aromatic heterocycles. The van der Waals surface area contributed by atoms with Gasteiger partial charge in [0.2, 0.25) is 0 Å². The number of alkyl halides is 14. The van der Waals surface area contributed by atoms with Gasteiger partial charge in [-0.3, -0.25) is 4.79 Å². The van der Waals surface area contributed by atoms with Gasteiger partial charge in [0.05, 0.1) is 6.04 Å². The number of ether oxygens (including phenoxy) is 1. The Bertz CT molecular complexity index is 667. The molecule has 0 bridgehead atoms. The van der Waals surface area contributed by atoms with Crippen molar-refractivity contribution in [1.82, 2.24) is 5.32 Å². The monoisotopic (exact) mass is 495 g/mol. The van der Waals surface area contributed by atoms with Crippen LogP contribution in [-0.4, -0.2) is 60.6 Å². The molecule has 0 rings (SSSR count). The molecule has 31 heavy (non-hydrogen) atoms. The molecule has 0 fully saturated rings. The predicted molar refractivity (Wildman–Crippen MR) is 69.6 cm³/mol. The van der Waals surface area contributed by atoms with Gasteiger partial charge in [0.15, 0.2) is 0 Å². The topological polar surface area (TPSA) is 55.4 Å². The molecule has 184 valence electrons. The Balaban J connectivity index is 5.53. The van der Waals surface area contributed by atoms with E-state index in [0.717, 1.165) is 19.2 Å². The quantitative estimate of drug-likeness (QED) is 0.403. The van der Waals surface area contributed by atoms with E-state index in [4.69, 9.17) is 0 Å². The zero-order valence-electron chi connectivity index (χ0n) is 14.9. The molecule has 0 unspecified atom stereocenters. The molecule has 0 aliphatic rings. The van der Waals surface area contributed by atoms with Crippen LogP contribution in [0, 0.1) is 5.92 Å². The number of hydrogen-bond acceptors (Lipinski definition) is 3. The maximum Gasteiger partial charge on any atom is 0.460 e. The molecule has 0 heterocycles. The largest absolute Gasteiger partial charge is 0.460 e. The summed E-state index contributed by atoms with van der Waals surface area (Å²) in [6.07, 6.45) is -13.9. The summed E-state index contributed by atoms with van der Waals surface area (Å²) in [5, 5.41) is 0.810. The molecular weight excluding hydrogens is 484 g/mol. The number of esters is 1. The third-order valence-corrected chi connectivity index (χ3v) is 3.56. The van der Waals surface area contributed by atoms with E-state index < -0.39 is 66.5 Å². The summed E-state index contributed by atoms with van der Waals surface area (Å²) in [6.45, 7) is -0.109. The molecule has 1 amide bonds. The molecule has 0 aromatic carbocycles. The van der Waals surface area contributed by atoms with Crippen LogP contribution in [0.25, 0.3) is 0 Å². The van der Waals surface area contributed by atoms with Crippen molar-refractivity contribution in [1.29, 1.82) is 0 Å². The Hall–Kier alpha value is -2.04. The smallest absolute Gasteiger partial charge is 0.459 e. The fourth-order valence-electron chi connectivity index (χ4n) is 1.54. The van der Waals surface area contributed by atoms with E-state index in [1.807, 2.05) is 0 Å². The van der Waals surface area contributed by atoms with Crippen LogP contribution in [0.1, 0.15) is 13.8 Å². The highest BCUT2D eigenvalue weighted by atomic mass is 19.4. The fraction of sp³-hybridized carbons (Fsp3) is 0.846. The average Bonchev–Trinajstić information content (AvgIpc) is 2.54. The fourth-order valence-corrected chi connectivity index (χ4v) is 1.54. The molecular formula is C13H11F14NO3. The lowest BCUT2D eigenvalue weighted by Crippen LogP contribution is -2.61. The minimum Gasteiger partial charge on any atom is -0.459 e. The van der Waals surface area contributed by atoms with Crippen molar-refractivity contribution < 1.29 is 75.8 Å². The summed E-state index contributed by atoms with van der Waals surface area (Å²) in [6, 6.07) is -2.28. The van der Waals surface area contributed by atoms with E-state index in [0.29, 0.717) is 0 Å². The van der Waals surface area contributed by atoms with Crippen molar-refractivity contribution in [2.24, 2.45) is 5.92 Å². The molecule has 0 radical (unpaired) electrons. The third kappa shape index (κ3) is 5.42. The molecule has 0 aromatic rings. The summed E-state index contributed by atoms with van der Waals surface area (Å²) in [5.74, 6) is -35.1. The van der Waals surface area contributed by atoms with Crippen LogP contribution in [0.4, 0.5) is 61.5 Å². The maximum atomic E-state index is 13.3. The van der Waals surface area contributed by atoms with Crippen molar-refractivity contribution in [2.75, 3.05) is 6.61 Å². The number of hydrogen-bond donors (Lipinski definition) is 1. The predicted octanol–water partition coefficient (Wildman–Crippen LogP) is 4.34. The average molecular weight is 495 g/mol. The number of halogens is 14. The Morgan fingerprint density at radius 2 is 1.06 bits per heavy atom. The van der Waals surface area contributed by atoms with Gasteiger partial charge < -0.3 is 10.1 Å². The van der Waals surface area contributed by atoms with Gasteiger partial charge in [-0.15, -0.1) is 0 Å². The SMILES string of the molecule is CC(C)[C@H](COC(=O)C(F)(F)C(F)(F)C(F)(F)F)NC(=O)C(F)(F)C(F)(F)C(F)(F)F. The van der Waals surface area contributed by atoms with E-state index in [2.05, 4.69) is 4.74 Å². The van der Waals surface area contributed by atoms with E-state index in [1.165, 1.54) is 0 Å². The van der Waals surface area contributed by atoms with E-state index in [9.17, 15) is 71.1 Å². The summed E-state index contributed by atoms with van der Waals surface area (Å²) >= 11 is 0. The first kappa shape index (κ1) is 29.0. The van der Waals surface area contributed by atoms with E-state index in [1.54, 1.807) is 0 Å².